The summed E-state index contributed by atoms with van der Waals surface area (Å²) in [5, 5.41) is 6.10. The van der Waals surface area contributed by atoms with Crippen LogP contribution >= 0.6 is 11.6 Å². The summed E-state index contributed by atoms with van der Waals surface area (Å²) in [5.74, 6) is -0.420. The molecular formula is C16H23ClN2O3. The predicted molar refractivity (Wildman–Crippen MR) is 86.9 cm³/mol. The molecule has 122 valence electrons. The van der Waals surface area contributed by atoms with Gasteiger partial charge in [-0.15, -0.1) is 0 Å². The van der Waals surface area contributed by atoms with Crippen molar-refractivity contribution in [3.63, 3.8) is 0 Å². The second kappa shape index (κ2) is 9.30. The van der Waals surface area contributed by atoms with Crippen molar-refractivity contribution in [3.05, 3.63) is 34.9 Å². The van der Waals surface area contributed by atoms with Gasteiger partial charge in [0.1, 0.15) is 6.04 Å². The zero-order chi connectivity index (χ0) is 16.5. The number of methoxy groups -OCH3 is 1. The quantitative estimate of drug-likeness (QED) is 0.757. The van der Waals surface area contributed by atoms with Crippen LogP contribution in [0.25, 0.3) is 0 Å². The summed E-state index contributed by atoms with van der Waals surface area (Å²) in [6, 6.07) is 6.45. The smallest absolute Gasteiger partial charge is 0.328 e. The normalized spacial score (nSPS) is 13.1. The van der Waals surface area contributed by atoms with Crippen molar-refractivity contribution >= 4 is 23.6 Å². The fourth-order valence-corrected chi connectivity index (χ4v) is 2.09. The van der Waals surface area contributed by atoms with E-state index in [0.29, 0.717) is 18.0 Å². The lowest BCUT2D eigenvalue weighted by atomic mass is 9.99. The van der Waals surface area contributed by atoms with Gasteiger partial charge < -0.3 is 15.4 Å². The van der Waals surface area contributed by atoms with Gasteiger partial charge in [0, 0.05) is 11.6 Å². The number of amides is 2. The van der Waals surface area contributed by atoms with Crippen molar-refractivity contribution < 1.29 is 14.3 Å². The Kier molecular flexibility index (Phi) is 7.74. The summed E-state index contributed by atoms with van der Waals surface area (Å²) in [6.07, 6.45) is 1.46. The molecule has 0 saturated heterocycles. The van der Waals surface area contributed by atoms with Gasteiger partial charge in [-0.1, -0.05) is 44.0 Å². The molecule has 0 heterocycles. The highest BCUT2D eigenvalue weighted by molar-refractivity contribution is 6.30. The van der Waals surface area contributed by atoms with Crippen molar-refractivity contribution in [1.82, 2.24) is 10.6 Å². The van der Waals surface area contributed by atoms with Gasteiger partial charge in [-0.2, -0.15) is 0 Å². The molecule has 1 rings (SSSR count). The molecule has 0 aliphatic heterocycles. The minimum atomic E-state index is -0.634. The Morgan fingerprint density at radius 1 is 1.27 bits per heavy atom. The molecule has 0 spiro atoms. The van der Waals surface area contributed by atoms with E-state index in [1.807, 2.05) is 38.1 Å². The molecule has 5 nitrogen and oxygen atoms in total. The highest BCUT2D eigenvalue weighted by atomic mass is 35.5. The average molecular weight is 327 g/mol. The molecule has 0 radical (unpaired) electrons. The first-order chi connectivity index (χ1) is 10.5. The fourth-order valence-electron chi connectivity index (χ4n) is 1.96. The van der Waals surface area contributed by atoms with Crippen LogP contribution in [-0.4, -0.2) is 31.7 Å². The van der Waals surface area contributed by atoms with E-state index in [0.717, 1.165) is 12.0 Å². The van der Waals surface area contributed by atoms with Crippen molar-refractivity contribution in [2.45, 2.75) is 32.7 Å². The zero-order valence-electron chi connectivity index (χ0n) is 13.2. The van der Waals surface area contributed by atoms with Crippen molar-refractivity contribution in [2.24, 2.45) is 5.92 Å². The van der Waals surface area contributed by atoms with Gasteiger partial charge in [0.25, 0.3) is 0 Å². The largest absolute Gasteiger partial charge is 0.467 e. The van der Waals surface area contributed by atoms with Crippen LogP contribution in [0.3, 0.4) is 0 Å². The predicted octanol–water partition coefficient (Wildman–Crippen LogP) is 2.77. The lowest BCUT2D eigenvalue weighted by molar-refractivity contribution is -0.144. The van der Waals surface area contributed by atoms with E-state index in [9.17, 15) is 9.59 Å². The van der Waals surface area contributed by atoms with Gasteiger partial charge >= 0.3 is 12.0 Å². The second-order valence-corrected chi connectivity index (χ2v) is 5.60. The Balaban J connectivity index is 2.43. The summed E-state index contributed by atoms with van der Waals surface area (Å²) < 4.78 is 4.73. The number of halogens is 1. The Bertz CT molecular complexity index is 491. The maximum Gasteiger partial charge on any atom is 0.328 e. The summed E-state index contributed by atoms with van der Waals surface area (Å²) in [6.45, 7) is 4.33. The molecule has 0 aliphatic rings. The lowest BCUT2D eigenvalue weighted by Crippen LogP contribution is -2.49. The van der Waals surface area contributed by atoms with Crippen LogP contribution in [0, 0.1) is 5.92 Å². The van der Waals surface area contributed by atoms with Crippen LogP contribution in [0.2, 0.25) is 5.02 Å². The number of benzene rings is 1. The standard InChI is InChI=1S/C16H23ClN2O3/c1-4-11(2)14(15(20)22-3)19-16(21)18-10-9-12-5-7-13(17)8-6-12/h5-8,11,14H,4,9-10H2,1-3H3,(H2,18,19,21)/t11?,14-/m0/s1. The number of rotatable bonds is 7. The van der Waals surface area contributed by atoms with Crippen molar-refractivity contribution in [2.75, 3.05) is 13.7 Å². The van der Waals surface area contributed by atoms with E-state index >= 15 is 0 Å². The zero-order valence-corrected chi connectivity index (χ0v) is 13.9. The molecule has 1 unspecified atom stereocenters. The first-order valence-corrected chi connectivity index (χ1v) is 7.72. The number of nitrogens with one attached hydrogen (secondary N) is 2. The molecular weight excluding hydrogens is 304 g/mol. The SMILES string of the molecule is CCC(C)[C@H](NC(=O)NCCc1ccc(Cl)cc1)C(=O)OC. The Morgan fingerprint density at radius 3 is 2.45 bits per heavy atom. The molecule has 0 aromatic heterocycles. The molecule has 0 aliphatic carbocycles. The van der Waals surface area contributed by atoms with E-state index in [1.54, 1.807) is 0 Å². The van der Waals surface area contributed by atoms with E-state index in [4.69, 9.17) is 16.3 Å². The molecule has 2 amide bonds. The van der Waals surface area contributed by atoms with Gasteiger partial charge in [0.15, 0.2) is 0 Å². The van der Waals surface area contributed by atoms with E-state index < -0.39 is 12.0 Å². The first-order valence-electron chi connectivity index (χ1n) is 7.34. The molecule has 2 atom stereocenters. The van der Waals surface area contributed by atoms with Gasteiger partial charge in [0.05, 0.1) is 7.11 Å². The molecule has 2 N–H and O–H groups in total. The molecule has 0 bridgehead atoms. The lowest BCUT2D eigenvalue weighted by Gasteiger charge is -2.22. The third-order valence-electron chi connectivity index (χ3n) is 3.57. The summed E-state index contributed by atoms with van der Waals surface area (Å²) in [4.78, 5) is 23.6. The van der Waals surface area contributed by atoms with E-state index in [2.05, 4.69) is 10.6 Å². The average Bonchev–Trinajstić information content (AvgIpc) is 2.53. The first kappa shape index (κ1) is 18.3. The summed E-state index contributed by atoms with van der Waals surface area (Å²) in [7, 11) is 1.32. The van der Waals surface area contributed by atoms with Crippen LogP contribution in [0.1, 0.15) is 25.8 Å². The van der Waals surface area contributed by atoms with E-state index in [-0.39, 0.29) is 11.9 Å². The van der Waals surface area contributed by atoms with Gasteiger partial charge in [-0.3, -0.25) is 0 Å². The maximum atomic E-state index is 11.9. The molecule has 1 aromatic rings. The van der Waals surface area contributed by atoms with Gasteiger partial charge in [-0.25, -0.2) is 9.59 Å². The van der Waals surface area contributed by atoms with Crippen molar-refractivity contribution in [3.8, 4) is 0 Å². The maximum absolute atomic E-state index is 11.9. The topological polar surface area (TPSA) is 67.4 Å². The highest BCUT2D eigenvalue weighted by Crippen LogP contribution is 2.10. The molecule has 0 saturated carbocycles. The number of esters is 1. The number of hydrogen-bond acceptors (Lipinski definition) is 3. The number of carbonyl (C=O) groups excluding carboxylic acids is 2. The van der Waals surface area contributed by atoms with Crippen LogP contribution in [0.15, 0.2) is 24.3 Å². The minimum Gasteiger partial charge on any atom is -0.467 e. The number of urea groups is 1. The van der Waals surface area contributed by atoms with Crippen LogP contribution in [0.5, 0.6) is 0 Å². The Morgan fingerprint density at radius 2 is 1.91 bits per heavy atom. The number of hydrogen-bond donors (Lipinski definition) is 2. The molecule has 0 fully saturated rings. The number of carbonyl (C=O) groups is 2. The van der Waals surface area contributed by atoms with Gasteiger partial charge in [0.2, 0.25) is 0 Å². The minimum absolute atomic E-state index is 0.00876. The summed E-state index contributed by atoms with van der Waals surface area (Å²) >= 11 is 5.82. The Hall–Kier alpha value is -1.75. The van der Waals surface area contributed by atoms with Crippen LogP contribution in [-0.2, 0) is 16.0 Å². The third kappa shape index (κ3) is 5.93. The second-order valence-electron chi connectivity index (χ2n) is 5.16. The van der Waals surface area contributed by atoms with E-state index in [1.165, 1.54) is 7.11 Å². The molecule has 6 heteroatoms. The fraction of sp³-hybridized carbons (Fsp3) is 0.500. The monoisotopic (exact) mass is 326 g/mol. The van der Waals surface area contributed by atoms with Crippen LogP contribution < -0.4 is 10.6 Å². The van der Waals surface area contributed by atoms with Gasteiger partial charge in [-0.05, 0) is 30.0 Å². The Labute approximate surface area is 136 Å². The third-order valence-corrected chi connectivity index (χ3v) is 3.82. The molecule has 1 aromatic carbocycles. The molecule has 22 heavy (non-hydrogen) atoms. The highest BCUT2D eigenvalue weighted by Gasteiger charge is 2.26. The van der Waals surface area contributed by atoms with Crippen LogP contribution in [0.4, 0.5) is 4.79 Å². The number of ether oxygens (including phenoxy) is 1. The summed E-state index contributed by atoms with van der Waals surface area (Å²) in [5.41, 5.74) is 1.08. The van der Waals surface area contributed by atoms with Crippen molar-refractivity contribution in [1.29, 1.82) is 0 Å².